The topological polar surface area (TPSA) is 47.5 Å². The predicted octanol–water partition coefficient (Wildman–Crippen LogP) is -1.08. The molecular weight excluding hydrogens is 198 g/mol. The molecule has 0 bridgehead atoms. The molecule has 4 nitrogen and oxygen atoms in total. The van der Waals surface area contributed by atoms with E-state index in [-0.39, 0.29) is 23.6 Å². The van der Waals surface area contributed by atoms with Crippen LogP contribution in [0.5, 0.6) is 0 Å². The maximum absolute atomic E-state index is 8.52. The Morgan fingerprint density at radius 1 is 1.30 bits per heavy atom. The zero-order chi connectivity index (χ0) is 6.53. The molecular formula is C5H14BrN3O. The van der Waals surface area contributed by atoms with Crippen molar-refractivity contribution in [1.29, 1.82) is 0 Å². The van der Waals surface area contributed by atoms with E-state index in [0.29, 0.717) is 0 Å². The average Bonchev–Trinajstić information content (AvgIpc) is 1.91. The first-order valence-corrected chi connectivity index (χ1v) is 3.18. The van der Waals surface area contributed by atoms with Crippen LogP contribution in [0.4, 0.5) is 0 Å². The Kier molecular flexibility index (Phi) is 6.25. The van der Waals surface area contributed by atoms with Crippen molar-refractivity contribution in [3.63, 3.8) is 0 Å². The Morgan fingerprint density at radius 3 is 2.40 bits per heavy atom. The van der Waals surface area contributed by atoms with Crippen molar-refractivity contribution in [2.24, 2.45) is 0 Å². The van der Waals surface area contributed by atoms with Gasteiger partial charge in [0.05, 0.1) is 19.9 Å². The summed E-state index contributed by atoms with van der Waals surface area (Å²) in [6.45, 7) is 3.63. The van der Waals surface area contributed by atoms with Crippen LogP contribution in [-0.4, -0.2) is 43.2 Å². The molecule has 0 aromatic heterocycles. The quantitative estimate of drug-likeness (QED) is 0.545. The fourth-order valence-corrected chi connectivity index (χ4v) is 0.872. The van der Waals surface area contributed by atoms with E-state index >= 15 is 0 Å². The lowest BCUT2D eigenvalue weighted by molar-refractivity contribution is 0.150. The molecule has 0 atom stereocenters. The highest BCUT2D eigenvalue weighted by Crippen LogP contribution is 1.84. The lowest BCUT2D eigenvalue weighted by Gasteiger charge is -2.27. The molecule has 0 aliphatic carbocycles. The summed E-state index contributed by atoms with van der Waals surface area (Å²) >= 11 is 0. The number of aliphatic hydroxyl groups is 1. The number of aliphatic hydroxyl groups excluding tert-OH is 1. The molecule has 1 aliphatic rings. The largest absolute Gasteiger partial charge is 0.395 e. The number of hydrogen-bond donors (Lipinski definition) is 3. The minimum atomic E-state index is 0. The Hall–Kier alpha value is 0.320. The van der Waals surface area contributed by atoms with Gasteiger partial charge in [0.2, 0.25) is 0 Å². The van der Waals surface area contributed by atoms with Gasteiger partial charge < -0.3 is 5.11 Å². The Labute approximate surface area is 71.4 Å². The number of β-amino-alcohol motifs (C(OH)–C–C–N with tert-alkyl or cyclic N) is 1. The Balaban J connectivity index is 0.000000810. The second kappa shape index (κ2) is 6.06. The van der Waals surface area contributed by atoms with Crippen LogP contribution in [0.25, 0.3) is 0 Å². The molecule has 0 saturated carbocycles. The van der Waals surface area contributed by atoms with E-state index in [2.05, 4.69) is 15.5 Å². The van der Waals surface area contributed by atoms with Gasteiger partial charge in [-0.2, -0.15) is 0 Å². The molecule has 62 valence electrons. The number of nitrogens with zero attached hydrogens (tertiary/aromatic N) is 1. The van der Waals surface area contributed by atoms with Crippen molar-refractivity contribution in [2.45, 2.75) is 0 Å². The molecule has 0 aromatic carbocycles. The Bertz CT molecular complexity index is 74.5. The minimum Gasteiger partial charge on any atom is -0.395 e. The third-order valence-electron chi connectivity index (χ3n) is 1.34. The molecule has 3 N–H and O–H groups in total. The van der Waals surface area contributed by atoms with Crippen LogP contribution in [0.1, 0.15) is 0 Å². The predicted molar refractivity (Wildman–Crippen MR) is 45.0 cm³/mol. The molecule has 0 aromatic rings. The minimum absolute atomic E-state index is 0. The molecule has 0 amide bonds. The van der Waals surface area contributed by atoms with Crippen molar-refractivity contribution in [3.8, 4) is 0 Å². The third-order valence-corrected chi connectivity index (χ3v) is 1.34. The molecule has 1 saturated heterocycles. The lowest BCUT2D eigenvalue weighted by atomic mass is 10.5. The molecule has 5 heteroatoms. The number of hydrogen-bond acceptors (Lipinski definition) is 4. The summed E-state index contributed by atoms with van der Waals surface area (Å²) in [6, 6.07) is 0. The standard InChI is InChI=1S/C5H13N3O.BrH/c9-2-1-8-4-6-3-7-5-8;/h6-7,9H,1-5H2;1H. The second-order valence-electron chi connectivity index (χ2n) is 2.11. The maximum Gasteiger partial charge on any atom is 0.0559 e. The van der Waals surface area contributed by atoms with E-state index in [1.54, 1.807) is 0 Å². The molecule has 10 heavy (non-hydrogen) atoms. The van der Waals surface area contributed by atoms with Crippen molar-refractivity contribution in [3.05, 3.63) is 0 Å². The fourth-order valence-electron chi connectivity index (χ4n) is 0.872. The Morgan fingerprint density at radius 2 is 1.90 bits per heavy atom. The van der Waals surface area contributed by atoms with Gasteiger partial charge in [-0.05, 0) is 0 Å². The van der Waals surface area contributed by atoms with Crippen LogP contribution in [0.3, 0.4) is 0 Å². The molecule has 1 heterocycles. The van der Waals surface area contributed by atoms with Gasteiger partial charge >= 0.3 is 0 Å². The van der Waals surface area contributed by atoms with Gasteiger partial charge in [0.1, 0.15) is 0 Å². The van der Waals surface area contributed by atoms with Crippen molar-refractivity contribution < 1.29 is 5.11 Å². The molecule has 1 fully saturated rings. The summed E-state index contributed by atoms with van der Waals surface area (Å²) in [5.41, 5.74) is 0. The van der Waals surface area contributed by atoms with Crippen LogP contribution in [-0.2, 0) is 0 Å². The number of rotatable bonds is 2. The summed E-state index contributed by atoms with van der Waals surface area (Å²) in [7, 11) is 0. The van der Waals surface area contributed by atoms with Gasteiger partial charge in [0.25, 0.3) is 0 Å². The van der Waals surface area contributed by atoms with Crippen LogP contribution in [0.15, 0.2) is 0 Å². The summed E-state index contributed by atoms with van der Waals surface area (Å²) in [4.78, 5) is 2.10. The monoisotopic (exact) mass is 211 g/mol. The van der Waals surface area contributed by atoms with Crippen LogP contribution < -0.4 is 10.6 Å². The van der Waals surface area contributed by atoms with E-state index in [0.717, 1.165) is 26.6 Å². The van der Waals surface area contributed by atoms with Gasteiger partial charge in [0, 0.05) is 13.2 Å². The highest BCUT2D eigenvalue weighted by molar-refractivity contribution is 8.93. The van der Waals surface area contributed by atoms with Crippen LogP contribution in [0, 0.1) is 0 Å². The van der Waals surface area contributed by atoms with Gasteiger partial charge in [0.15, 0.2) is 0 Å². The summed E-state index contributed by atoms with van der Waals surface area (Å²) in [6.07, 6.45) is 0. The van der Waals surface area contributed by atoms with Crippen LogP contribution in [0.2, 0.25) is 0 Å². The number of nitrogens with one attached hydrogen (secondary N) is 2. The van der Waals surface area contributed by atoms with E-state index in [9.17, 15) is 0 Å². The van der Waals surface area contributed by atoms with E-state index in [4.69, 9.17) is 5.11 Å². The maximum atomic E-state index is 8.52. The van der Waals surface area contributed by atoms with Crippen molar-refractivity contribution >= 4 is 17.0 Å². The zero-order valence-corrected chi connectivity index (χ0v) is 7.55. The average molecular weight is 212 g/mol. The SMILES string of the molecule is Br.OCCN1CNCNC1. The molecule has 0 spiro atoms. The van der Waals surface area contributed by atoms with Gasteiger partial charge in [-0.1, -0.05) is 0 Å². The fraction of sp³-hybridized carbons (Fsp3) is 1.00. The summed E-state index contributed by atoms with van der Waals surface area (Å²) in [5.74, 6) is 0. The molecule has 1 aliphatic heterocycles. The second-order valence-corrected chi connectivity index (χ2v) is 2.11. The number of halogens is 1. The van der Waals surface area contributed by atoms with Gasteiger partial charge in [-0.3, -0.25) is 15.5 Å². The highest BCUT2D eigenvalue weighted by atomic mass is 79.9. The van der Waals surface area contributed by atoms with Gasteiger partial charge in [-0.15, -0.1) is 17.0 Å². The third kappa shape index (κ3) is 3.48. The molecule has 0 unspecified atom stereocenters. The van der Waals surface area contributed by atoms with E-state index in [1.165, 1.54) is 0 Å². The smallest absolute Gasteiger partial charge is 0.0559 e. The molecule has 1 rings (SSSR count). The van der Waals surface area contributed by atoms with Gasteiger partial charge in [-0.25, -0.2) is 0 Å². The van der Waals surface area contributed by atoms with Crippen LogP contribution >= 0.6 is 17.0 Å². The first-order chi connectivity index (χ1) is 4.43. The first kappa shape index (κ1) is 10.3. The summed E-state index contributed by atoms with van der Waals surface area (Å²) in [5, 5.41) is 14.8. The molecule has 0 radical (unpaired) electrons. The van der Waals surface area contributed by atoms with E-state index < -0.39 is 0 Å². The zero-order valence-electron chi connectivity index (χ0n) is 5.84. The highest BCUT2D eigenvalue weighted by Gasteiger charge is 2.05. The summed E-state index contributed by atoms with van der Waals surface area (Å²) < 4.78 is 0. The van der Waals surface area contributed by atoms with Crippen molar-refractivity contribution in [1.82, 2.24) is 15.5 Å². The van der Waals surface area contributed by atoms with E-state index in [1.807, 2.05) is 0 Å². The van der Waals surface area contributed by atoms with Crippen molar-refractivity contribution in [2.75, 3.05) is 33.2 Å². The normalized spacial score (nSPS) is 20.1. The first-order valence-electron chi connectivity index (χ1n) is 3.18. The lowest BCUT2D eigenvalue weighted by Crippen LogP contribution is -2.51.